The molecule has 1 fully saturated rings. The van der Waals surface area contributed by atoms with Crippen molar-refractivity contribution in [3.8, 4) is 0 Å². The van der Waals surface area contributed by atoms with Crippen molar-refractivity contribution in [3.05, 3.63) is 0 Å². The van der Waals surface area contributed by atoms with E-state index in [1.807, 2.05) is 0 Å². The Hall–Kier alpha value is -1.47. The summed E-state index contributed by atoms with van der Waals surface area (Å²) in [6.45, 7) is 0.0873. The molecule has 5 nitrogen and oxygen atoms in total. The molecular formula is C13H21F3N2O3. The lowest BCUT2D eigenvalue weighted by Gasteiger charge is -2.38. The topological polar surface area (TPSA) is 60.9 Å². The monoisotopic (exact) mass is 310 g/mol. The molecule has 0 aliphatic carbocycles. The second kappa shape index (κ2) is 7.51. The Balaban J connectivity index is 2.57. The number of hydrogen-bond acceptors (Lipinski definition) is 2. The summed E-state index contributed by atoms with van der Waals surface area (Å²) < 4.78 is 36.6. The van der Waals surface area contributed by atoms with Crippen molar-refractivity contribution < 1.29 is 27.9 Å². The number of urea groups is 1. The minimum Gasteiger partial charge on any atom is -0.481 e. The van der Waals surface area contributed by atoms with Gasteiger partial charge in [0.05, 0.1) is 6.42 Å². The van der Waals surface area contributed by atoms with Gasteiger partial charge in [-0.3, -0.25) is 4.79 Å². The summed E-state index contributed by atoms with van der Waals surface area (Å²) in [5, 5.41) is 8.71. The van der Waals surface area contributed by atoms with E-state index in [4.69, 9.17) is 5.11 Å². The Labute approximate surface area is 121 Å². The average Bonchev–Trinajstić information content (AvgIpc) is 2.41. The molecule has 1 atom stereocenters. The first-order valence-corrected chi connectivity index (χ1v) is 7.01. The third-order valence-corrected chi connectivity index (χ3v) is 3.62. The number of carbonyl (C=O) groups excluding carboxylic acids is 1. The molecule has 0 aromatic heterocycles. The Kier molecular flexibility index (Phi) is 6.29. The van der Waals surface area contributed by atoms with Gasteiger partial charge in [0, 0.05) is 32.6 Å². The van der Waals surface area contributed by atoms with Crippen LogP contribution in [0.2, 0.25) is 0 Å². The summed E-state index contributed by atoms with van der Waals surface area (Å²) in [4.78, 5) is 25.4. The fourth-order valence-corrected chi connectivity index (χ4v) is 2.45. The summed E-state index contributed by atoms with van der Waals surface area (Å²) in [6.07, 6.45) is -2.63. The van der Waals surface area contributed by atoms with Gasteiger partial charge in [-0.05, 0) is 25.7 Å². The van der Waals surface area contributed by atoms with Crippen LogP contribution in [-0.4, -0.2) is 59.3 Å². The van der Waals surface area contributed by atoms with Crippen LogP contribution in [0.15, 0.2) is 0 Å². The van der Waals surface area contributed by atoms with Crippen LogP contribution in [0.1, 0.15) is 38.5 Å². The number of aliphatic carboxylic acids is 1. The van der Waals surface area contributed by atoms with Gasteiger partial charge in [-0.15, -0.1) is 0 Å². The quantitative estimate of drug-likeness (QED) is 0.849. The minimum atomic E-state index is -4.29. The molecule has 0 aromatic rings. The second-order valence-electron chi connectivity index (χ2n) is 5.34. The number of halogens is 3. The molecule has 8 heteroatoms. The van der Waals surface area contributed by atoms with E-state index < -0.39 is 24.6 Å². The van der Waals surface area contributed by atoms with Crippen LogP contribution in [0, 0.1) is 0 Å². The van der Waals surface area contributed by atoms with Crippen LogP contribution in [0.25, 0.3) is 0 Å². The van der Waals surface area contributed by atoms with Crippen LogP contribution in [0.5, 0.6) is 0 Å². The van der Waals surface area contributed by atoms with E-state index in [-0.39, 0.29) is 19.0 Å². The summed E-state index contributed by atoms with van der Waals surface area (Å²) in [7, 11) is 1.34. The lowest BCUT2D eigenvalue weighted by Crippen LogP contribution is -2.49. The maximum atomic E-state index is 12.2. The molecule has 21 heavy (non-hydrogen) atoms. The van der Waals surface area contributed by atoms with Crippen LogP contribution in [0.3, 0.4) is 0 Å². The fourth-order valence-electron chi connectivity index (χ4n) is 2.45. The van der Waals surface area contributed by atoms with Gasteiger partial charge >= 0.3 is 18.2 Å². The van der Waals surface area contributed by atoms with Gasteiger partial charge in [0.2, 0.25) is 0 Å². The molecule has 0 bridgehead atoms. The SMILES string of the molecule is CN(CCC(F)(F)F)C(=O)N1CCCCC1CCC(=O)O. The molecule has 1 rings (SSSR count). The number of likely N-dealkylation sites (tertiary alicyclic amines) is 1. The van der Waals surface area contributed by atoms with Crippen molar-refractivity contribution >= 4 is 12.0 Å². The predicted molar refractivity (Wildman–Crippen MR) is 69.9 cm³/mol. The predicted octanol–water partition coefficient (Wildman–Crippen LogP) is 2.71. The van der Waals surface area contributed by atoms with Gasteiger partial charge in [-0.25, -0.2) is 4.79 Å². The second-order valence-corrected chi connectivity index (χ2v) is 5.34. The highest BCUT2D eigenvalue weighted by atomic mass is 19.4. The van der Waals surface area contributed by atoms with Crippen LogP contribution in [0.4, 0.5) is 18.0 Å². The Morgan fingerprint density at radius 2 is 2.00 bits per heavy atom. The minimum absolute atomic E-state index is 0.0410. The zero-order valence-corrected chi connectivity index (χ0v) is 12.0. The van der Waals surface area contributed by atoms with E-state index >= 15 is 0 Å². The van der Waals surface area contributed by atoms with Gasteiger partial charge in [0.15, 0.2) is 0 Å². The standard InChI is InChI=1S/C13H21F3N2O3/c1-17(9-7-13(14,15)16)12(21)18-8-3-2-4-10(18)5-6-11(19)20/h10H,2-9H2,1H3,(H,19,20). The summed E-state index contributed by atoms with van der Waals surface area (Å²) in [6, 6.07) is -0.648. The van der Waals surface area contributed by atoms with E-state index in [1.165, 1.54) is 11.9 Å². The molecule has 1 heterocycles. The molecule has 1 saturated heterocycles. The van der Waals surface area contributed by atoms with Crippen LogP contribution < -0.4 is 0 Å². The fraction of sp³-hybridized carbons (Fsp3) is 0.846. The van der Waals surface area contributed by atoms with Crippen molar-refractivity contribution in [2.24, 2.45) is 0 Å². The maximum absolute atomic E-state index is 12.2. The largest absolute Gasteiger partial charge is 0.481 e. The lowest BCUT2D eigenvalue weighted by molar-refractivity contribution is -0.138. The first-order chi connectivity index (χ1) is 9.70. The Bertz CT molecular complexity index is 374. The Morgan fingerprint density at radius 3 is 2.57 bits per heavy atom. The number of hydrogen-bond donors (Lipinski definition) is 1. The maximum Gasteiger partial charge on any atom is 0.390 e. The molecule has 1 N–H and O–H groups in total. The third-order valence-electron chi connectivity index (χ3n) is 3.62. The highest BCUT2D eigenvalue weighted by Crippen LogP contribution is 2.23. The first kappa shape index (κ1) is 17.6. The van der Waals surface area contributed by atoms with Gasteiger partial charge in [-0.2, -0.15) is 13.2 Å². The van der Waals surface area contributed by atoms with Crippen LogP contribution >= 0.6 is 0 Å². The van der Waals surface area contributed by atoms with Crippen molar-refractivity contribution in [1.29, 1.82) is 0 Å². The highest BCUT2D eigenvalue weighted by molar-refractivity contribution is 5.74. The van der Waals surface area contributed by atoms with E-state index in [9.17, 15) is 22.8 Å². The van der Waals surface area contributed by atoms with Crippen LogP contribution in [-0.2, 0) is 4.79 Å². The number of piperidine rings is 1. The molecule has 0 radical (unpaired) electrons. The number of nitrogens with zero attached hydrogens (tertiary/aromatic N) is 2. The average molecular weight is 310 g/mol. The lowest BCUT2D eigenvalue weighted by atomic mass is 9.98. The summed E-state index contributed by atoms with van der Waals surface area (Å²) in [5.41, 5.74) is 0. The molecule has 0 spiro atoms. The van der Waals surface area contributed by atoms with Crippen molar-refractivity contribution in [2.45, 2.75) is 50.7 Å². The van der Waals surface area contributed by atoms with E-state index in [0.717, 1.165) is 17.7 Å². The molecule has 122 valence electrons. The molecule has 0 aromatic carbocycles. The molecule has 1 unspecified atom stereocenters. The van der Waals surface area contributed by atoms with Crippen molar-refractivity contribution in [1.82, 2.24) is 9.80 Å². The number of rotatable bonds is 5. The Morgan fingerprint density at radius 1 is 1.33 bits per heavy atom. The summed E-state index contributed by atoms with van der Waals surface area (Å²) in [5.74, 6) is -0.932. The number of carbonyl (C=O) groups is 2. The van der Waals surface area contributed by atoms with Crippen molar-refractivity contribution in [3.63, 3.8) is 0 Å². The zero-order valence-electron chi connectivity index (χ0n) is 12.0. The zero-order chi connectivity index (χ0) is 16.0. The third kappa shape index (κ3) is 6.22. The molecule has 1 aliphatic rings. The van der Waals surface area contributed by atoms with Gasteiger partial charge in [0.1, 0.15) is 0 Å². The first-order valence-electron chi connectivity index (χ1n) is 7.01. The molecule has 1 aliphatic heterocycles. The summed E-state index contributed by atoms with van der Waals surface area (Å²) >= 11 is 0. The van der Waals surface area contributed by atoms with E-state index in [0.29, 0.717) is 19.4 Å². The normalized spacial score (nSPS) is 19.4. The molecule has 2 amide bonds. The molecular weight excluding hydrogens is 289 g/mol. The number of carboxylic acid groups (broad SMARTS) is 1. The van der Waals surface area contributed by atoms with Gasteiger partial charge in [-0.1, -0.05) is 0 Å². The number of carboxylic acids is 1. The van der Waals surface area contributed by atoms with E-state index in [2.05, 4.69) is 0 Å². The molecule has 0 saturated carbocycles. The smallest absolute Gasteiger partial charge is 0.390 e. The number of amides is 2. The van der Waals surface area contributed by atoms with Gasteiger partial charge < -0.3 is 14.9 Å². The highest BCUT2D eigenvalue weighted by Gasteiger charge is 2.32. The number of alkyl halides is 3. The van der Waals surface area contributed by atoms with Gasteiger partial charge in [0.25, 0.3) is 0 Å². The van der Waals surface area contributed by atoms with E-state index in [1.54, 1.807) is 0 Å². The van der Waals surface area contributed by atoms with Crippen molar-refractivity contribution in [2.75, 3.05) is 20.1 Å².